The normalized spacial score (nSPS) is 16.4. The predicted molar refractivity (Wildman–Crippen MR) is 141 cm³/mol. The lowest BCUT2D eigenvalue weighted by atomic mass is 10.00. The third-order valence-corrected chi connectivity index (χ3v) is 7.14. The lowest BCUT2D eigenvalue weighted by Crippen LogP contribution is -2.33. The van der Waals surface area contributed by atoms with Gasteiger partial charge in [-0.05, 0) is 49.6 Å². The van der Waals surface area contributed by atoms with Crippen molar-refractivity contribution in [3.05, 3.63) is 81.4 Å². The number of carbonyl (C=O) groups is 1. The number of amides is 1. The Morgan fingerprint density at radius 1 is 1.24 bits per heavy atom. The maximum Gasteiger partial charge on any atom is 0.255 e. The monoisotopic (exact) mass is 512 g/mol. The molecule has 4 heterocycles. The molecule has 2 aliphatic rings. The number of anilines is 1. The fraction of sp³-hybridized carbons (Fsp3) is 0.286. The van der Waals surface area contributed by atoms with Crippen LogP contribution in [0, 0.1) is 11.8 Å². The number of benzene rings is 1. The predicted octanol–water partition coefficient (Wildman–Crippen LogP) is 4.39. The van der Waals surface area contributed by atoms with Crippen LogP contribution in [0.2, 0.25) is 5.02 Å². The first-order valence-corrected chi connectivity index (χ1v) is 12.5. The minimum Gasteiger partial charge on any atom is -0.383 e. The van der Waals surface area contributed by atoms with Gasteiger partial charge in [0, 0.05) is 42.0 Å². The summed E-state index contributed by atoms with van der Waals surface area (Å²) in [6, 6.07) is 7.57. The minimum atomic E-state index is -0.132. The molecule has 1 unspecified atom stereocenters. The summed E-state index contributed by atoms with van der Waals surface area (Å²) in [6.45, 7) is 2.78. The summed E-state index contributed by atoms with van der Waals surface area (Å²) in [5, 5.41) is 5.33. The maximum atomic E-state index is 13.8. The zero-order chi connectivity index (χ0) is 25.7. The van der Waals surface area contributed by atoms with E-state index in [-0.39, 0.29) is 18.1 Å². The molecular formula is C28H25ClN6O2. The van der Waals surface area contributed by atoms with Crippen molar-refractivity contribution in [1.29, 1.82) is 0 Å². The Balaban J connectivity index is 1.27. The van der Waals surface area contributed by atoms with Crippen LogP contribution >= 0.6 is 11.6 Å². The van der Waals surface area contributed by atoms with Crippen molar-refractivity contribution in [3.8, 4) is 11.8 Å². The topological polar surface area (TPSA) is 99.2 Å². The molecule has 2 N–H and O–H groups in total. The van der Waals surface area contributed by atoms with E-state index >= 15 is 0 Å². The Morgan fingerprint density at radius 2 is 2.05 bits per heavy atom. The second-order valence-corrected chi connectivity index (χ2v) is 9.95. The van der Waals surface area contributed by atoms with Crippen molar-refractivity contribution in [3.63, 3.8) is 0 Å². The average molecular weight is 513 g/mol. The van der Waals surface area contributed by atoms with Gasteiger partial charge in [-0.1, -0.05) is 23.4 Å². The van der Waals surface area contributed by atoms with Crippen LogP contribution in [0.5, 0.6) is 0 Å². The second-order valence-electron chi connectivity index (χ2n) is 9.55. The molecule has 1 amide bonds. The molecule has 1 aliphatic heterocycles. The van der Waals surface area contributed by atoms with Gasteiger partial charge < -0.3 is 15.4 Å². The summed E-state index contributed by atoms with van der Waals surface area (Å²) in [7, 11) is 1.85. The first-order valence-electron chi connectivity index (χ1n) is 12.2. The van der Waals surface area contributed by atoms with Crippen LogP contribution in [0.3, 0.4) is 0 Å². The van der Waals surface area contributed by atoms with Crippen LogP contribution in [0.4, 0.5) is 5.82 Å². The Bertz CT molecular complexity index is 1600. The van der Waals surface area contributed by atoms with Crippen LogP contribution in [-0.2, 0) is 24.9 Å². The Labute approximate surface area is 219 Å². The first kappa shape index (κ1) is 23.5. The molecule has 3 aromatic heterocycles. The largest absolute Gasteiger partial charge is 0.383 e. The smallest absolute Gasteiger partial charge is 0.255 e. The van der Waals surface area contributed by atoms with Gasteiger partial charge in [0.15, 0.2) is 0 Å². The number of nitrogens with two attached hydrogens (primary N) is 1. The summed E-state index contributed by atoms with van der Waals surface area (Å²) in [5.74, 6) is 6.51. The van der Waals surface area contributed by atoms with E-state index in [4.69, 9.17) is 22.1 Å². The van der Waals surface area contributed by atoms with Gasteiger partial charge in [-0.15, -0.1) is 0 Å². The lowest BCUT2D eigenvalue weighted by Gasteiger charge is -2.23. The van der Waals surface area contributed by atoms with Gasteiger partial charge >= 0.3 is 0 Å². The van der Waals surface area contributed by atoms with Crippen LogP contribution in [0.25, 0.3) is 10.9 Å². The number of aromatic nitrogens is 4. The molecule has 1 aliphatic carbocycles. The fourth-order valence-corrected chi connectivity index (χ4v) is 4.99. The van der Waals surface area contributed by atoms with Crippen molar-refractivity contribution in [2.24, 2.45) is 7.05 Å². The Hall–Kier alpha value is -3.93. The number of halogens is 1. The fourth-order valence-electron chi connectivity index (χ4n) is 4.76. The molecule has 0 saturated heterocycles. The number of hydrogen-bond acceptors (Lipinski definition) is 6. The Kier molecular flexibility index (Phi) is 5.82. The van der Waals surface area contributed by atoms with Crippen LogP contribution < -0.4 is 5.73 Å². The standard InChI is InChI=1S/C28H25ClN6O2/c1-16-26-23(15-37-16)21-9-22(24(29)10-25(21)33-27(26)30)28(36)35(20-7-8-20)14-19-6-5-17(11-31-19)3-4-18-12-32-34(2)13-18/h5-6,9-13,16,20H,7-8,14-15H2,1-2H3,(H2,30,33). The van der Waals surface area contributed by atoms with E-state index in [2.05, 4.69) is 26.9 Å². The number of nitrogen functional groups attached to an aromatic ring is 1. The molecule has 1 saturated carbocycles. The van der Waals surface area contributed by atoms with E-state index < -0.39 is 0 Å². The first-order chi connectivity index (χ1) is 17.9. The number of ether oxygens (including phenoxy) is 1. The van der Waals surface area contributed by atoms with Crippen molar-refractivity contribution in [1.82, 2.24) is 24.6 Å². The number of fused-ring (bicyclic) bond motifs is 3. The SMILES string of the molecule is CC1OCc2c1c(N)nc1cc(Cl)c(C(=O)N(Cc3ccc(C#Cc4cnn(C)c4)cn3)C3CC3)cc21. The molecule has 4 aromatic rings. The lowest BCUT2D eigenvalue weighted by molar-refractivity contribution is 0.0727. The van der Waals surface area contributed by atoms with Crippen LogP contribution in [0.15, 0.2) is 42.9 Å². The number of aryl methyl sites for hydroxylation is 1. The zero-order valence-corrected chi connectivity index (χ0v) is 21.3. The average Bonchev–Trinajstić information content (AvgIpc) is 3.52. The van der Waals surface area contributed by atoms with Gasteiger partial charge in [-0.25, -0.2) is 4.98 Å². The van der Waals surface area contributed by atoms with Crippen molar-refractivity contribution < 1.29 is 9.53 Å². The zero-order valence-electron chi connectivity index (χ0n) is 20.5. The van der Waals surface area contributed by atoms with Crippen LogP contribution in [-0.4, -0.2) is 36.6 Å². The second kappa shape index (κ2) is 9.18. The summed E-state index contributed by atoms with van der Waals surface area (Å²) in [5.41, 5.74) is 11.6. The highest BCUT2D eigenvalue weighted by Crippen LogP contribution is 2.40. The molecule has 0 bridgehead atoms. The molecule has 37 heavy (non-hydrogen) atoms. The highest BCUT2D eigenvalue weighted by molar-refractivity contribution is 6.34. The number of hydrogen-bond donors (Lipinski definition) is 1. The summed E-state index contributed by atoms with van der Waals surface area (Å²) < 4.78 is 7.51. The third kappa shape index (κ3) is 4.52. The minimum absolute atomic E-state index is 0.116. The van der Waals surface area contributed by atoms with Gasteiger partial charge in [-0.2, -0.15) is 5.10 Å². The van der Waals surface area contributed by atoms with Crippen molar-refractivity contribution >= 4 is 34.2 Å². The van der Waals surface area contributed by atoms with Crippen molar-refractivity contribution in [2.45, 2.75) is 45.1 Å². The molecule has 0 radical (unpaired) electrons. The van der Waals surface area contributed by atoms with E-state index in [0.717, 1.165) is 46.2 Å². The van der Waals surface area contributed by atoms with Gasteiger partial charge in [0.25, 0.3) is 5.91 Å². The molecule has 1 aromatic carbocycles. The summed E-state index contributed by atoms with van der Waals surface area (Å²) >= 11 is 6.61. The van der Waals surface area contributed by atoms with Gasteiger partial charge in [-0.3, -0.25) is 14.5 Å². The quantitative estimate of drug-likeness (QED) is 0.407. The maximum absolute atomic E-state index is 13.8. The molecule has 0 spiro atoms. The molecule has 6 rings (SSSR count). The molecule has 8 nitrogen and oxygen atoms in total. The highest BCUT2D eigenvalue weighted by atomic mass is 35.5. The van der Waals surface area contributed by atoms with Crippen molar-refractivity contribution in [2.75, 3.05) is 5.73 Å². The number of carbonyl (C=O) groups excluding carboxylic acids is 1. The number of pyridine rings is 2. The van der Waals surface area contributed by atoms with E-state index in [1.54, 1.807) is 23.1 Å². The molecule has 186 valence electrons. The Morgan fingerprint density at radius 3 is 2.76 bits per heavy atom. The summed E-state index contributed by atoms with van der Waals surface area (Å²) in [6.07, 6.45) is 7.11. The van der Waals surface area contributed by atoms with E-state index in [9.17, 15) is 4.79 Å². The molecule has 1 atom stereocenters. The van der Waals surface area contributed by atoms with Gasteiger partial charge in [0.05, 0.1) is 52.8 Å². The molecular weight excluding hydrogens is 488 g/mol. The van der Waals surface area contributed by atoms with Crippen LogP contribution in [0.1, 0.15) is 64.2 Å². The molecule has 9 heteroatoms. The van der Waals surface area contributed by atoms with E-state index in [1.165, 1.54) is 0 Å². The third-order valence-electron chi connectivity index (χ3n) is 6.83. The van der Waals surface area contributed by atoms with E-state index in [0.29, 0.717) is 35.1 Å². The molecule has 1 fully saturated rings. The van der Waals surface area contributed by atoms with Gasteiger partial charge in [0.2, 0.25) is 0 Å². The van der Waals surface area contributed by atoms with E-state index in [1.807, 2.05) is 43.3 Å². The number of rotatable bonds is 4. The summed E-state index contributed by atoms with van der Waals surface area (Å²) in [4.78, 5) is 24.7. The highest BCUT2D eigenvalue weighted by Gasteiger charge is 2.35. The van der Waals surface area contributed by atoms with Gasteiger partial charge in [0.1, 0.15) is 5.82 Å². The number of nitrogens with zero attached hydrogens (tertiary/aromatic N) is 5.